The summed E-state index contributed by atoms with van der Waals surface area (Å²) in [6.45, 7) is 0.177. The van der Waals surface area contributed by atoms with Crippen LogP contribution in [0.1, 0.15) is 54.8 Å². The third kappa shape index (κ3) is 8.29. The fraction of sp³-hybridized carbons (Fsp3) is 0.484. The number of carbonyl (C=O) groups is 2. The fourth-order valence-corrected chi connectivity index (χ4v) is 5.60. The first-order valence-corrected chi connectivity index (χ1v) is 14.2. The largest absolute Gasteiger partial charge is 0.493 e. The first-order valence-electron chi connectivity index (χ1n) is 14.2. The number of aromatic nitrogens is 2. The Balaban J connectivity index is 1.18. The third-order valence-corrected chi connectivity index (χ3v) is 7.82. The van der Waals surface area contributed by atoms with Gasteiger partial charge >= 0.3 is 11.8 Å². The summed E-state index contributed by atoms with van der Waals surface area (Å²) in [7, 11) is 7.42. The molecule has 0 radical (unpaired) electrons. The number of hydrogen-bond donors (Lipinski definition) is 2. The van der Waals surface area contributed by atoms with Crippen LogP contribution in [0, 0.1) is 5.92 Å². The van der Waals surface area contributed by atoms with Crippen LogP contribution in [0.15, 0.2) is 53.1 Å². The number of carbonyl (C=O) groups excluding carboxylic acids is 2. The van der Waals surface area contributed by atoms with Gasteiger partial charge in [0, 0.05) is 30.6 Å². The maximum atomic E-state index is 12.6. The Morgan fingerprint density at radius 2 is 1.76 bits per heavy atom. The lowest BCUT2D eigenvalue weighted by atomic mass is 9.79. The Bertz CT molecular complexity index is 1270. The lowest BCUT2D eigenvalue weighted by molar-refractivity contribution is -0.122. The Kier molecular flexibility index (Phi) is 10.7. The van der Waals surface area contributed by atoms with E-state index in [0.717, 1.165) is 38.5 Å². The second-order valence-corrected chi connectivity index (χ2v) is 10.7. The van der Waals surface area contributed by atoms with Crippen LogP contribution in [0.3, 0.4) is 0 Å². The van der Waals surface area contributed by atoms with Gasteiger partial charge in [-0.25, -0.2) is 0 Å². The van der Waals surface area contributed by atoms with Crippen molar-refractivity contribution in [3.8, 4) is 22.9 Å². The first-order chi connectivity index (χ1) is 19.9. The van der Waals surface area contributed by atoms with Crippen molar-refractivity contribution in [1.82, 2.24) is 25.7 Å². The van der Waals surface area contributed by atoms with Crippen molar-refractivity contribution in [2.45, 2.75) is 57.0 Å². The van der Waals surface area contributed by atoms with E-state index in [1.165, 1.54) is 12.7 Å². The molecule has 2 N–H and O–H groups in total. The molecule has 1 atom stereocenters. The maximum absolute atomic E-state index is 12.6. The number of amides is 2. The monoisotopic (exact) mass is 563 g/mol. The molecule has 1 fully saturated rings. The minimum Gasteiger partial charge on any atom is -0.493 e. The van der Waals surface area contributed by atoms with Crippen LogP contribution >= 0.6 is 0 Å². The fourth-order valence-electron chi connectivity index (χ4n) is 5.60. The van der Waals surface area contributed by atoms with E-state index in [2.05, 4.69) is 70.1 Å². The van der Waals surface area contributed by atoms with Gasteiger partial charge in [0.05, 0.1) is 14.2 Å². The standard InChI is InChI=1S/C31H41N5O5/c1-36(2)25(16-10-21-8-6-5-7-9-21)22-11-14-24(15-12-22)33-28(37)18-19-32-30(38)31-34-29(35-41-31)23-13-17-26(39-3)27(20-23)40-4/h5-9,13,17,20,22,24-25H,10-12,14-16,18-19H2,1-4H3,(H,32,38)(H,33,37). The van der Waals surface area contributed by atoms with E-state index >= 15 is 0 Å². The van der Waals surface area contributed by atoms with Crippen LogP contribution in [-0.4, -0.2) is 73.8 Å². The molecule has 1 heterocycles. The van der Waals surface area contributed by atoms with Crippen LogP contribution < -0.4 is 20.1 Å². The Labute approximate surface area is 241 Å². The molecule has 41 heavy (non-hydrogen) atoms. The molecule has 10 nitrogen and oxygen atoms in total. The Morgan fingerprint density at radius 3 is 2.44 bits per heavy atom. The summed E-state index contributed by atoms with van der Waals surface area (Å²) in [5, 5.41) is 9.73. The highest BCUT2D eigenvalue weighted by Gasteiger charge is 2.29. The summed E-state index contributed by atoms with van der Waals surface area (Å²) in [6.07, 6.45) is 6.53. The van der Waals surface area contributed by atoms with Gasteiger partial charge in [0.1, 0.15) is 0 Å². The zero-order valence-electron chi connectivity index (χ0n) is 24.4. The third-order valence-electron chi connectivity index (χ3n) is 7.82. The molecule has 10 heteroatoms. The van der Waals surface area contributed by atoms with E-state index in [4.69, 9.17) is 14.0 Å². The van der Waals surface area contributed by atoms with E-state index < -0.39 is 5.91 Å². The molecule has 1 aliphatic rings. The number of aryl methyl sites for hydroxylation is 1. The van der Waals surface area contributed by atoms with Gasteiger partial charge in [0.2, 0.25) is 11.7 Å². The molecule has 0 saturated heterocycles. The van der Waals surface area contributed by atoms with E-state index in [1.807, 2.05) is 0 Å². The Hall–Kier alpha value is -3.92. The molecule has 2 aromatic carbocycles. The summed E-state index contributed by atoms with van der Waals surface area (Å²) >= 11 is 0. The van der Waals surface area contributed by atoms with Crippen LogP contribution in [-0.2, 0) is 11.2 Å². The highest BCUT2D eigenvalue weighted by atomic mass is 16.5. The number of hydrogen-bond acceptors (Lipinski definition) is 8. The molecular weight excluding hydrogens is 522 g/mol. The van der Waals surface area contributed by atoms with Gasteiger partial charge in [0.15, 0.2) is 11.5 Å². The van der Waals surface area contributed by atoms with Crippen molar-refractivity contribution in [3.63, 3.8) is 0 Å². The van der Waals surface area contributed by atoms with Crippen molar-refractivity contribution in [1.29, 1.82) is 0 Å². The smallest absolute Gasteiger partial charge is 0.316 e. The average molecular weight is 564 g/mol. The first kappa shape index (κ1) is 30.0. The van der Waals surface area contributed by atoms with Gasteiger partial charge in [-0.05, 0) is 82.3 Å². The van der Waals surface area contributed by atoms with Gasteiger partial charge in [0.25, 0.3) is 0 Å². The lowest BCUT2D eigenvalue weighted by Crippen LogP contribution is -2.43. The van der Waals surface area contributed by atoms with Gasteiger partial charge in [-0.3, -0.25) is 9.59 Å². The summed E-state index contributed by atoms with van der Waals surface area (Å²) in [5.41, 5.74) is 2.00. The van der Waals surface area contributed by atoms with Crippen LogP contribution in [0.5, 0.6) is 11.5 Å². The topological polar surface area (TPSA) is 119 Å². The predicted octanol–water partition coefficient (Wildman–Crippen LogP) is 4.11. The highest BCUT2D eigenvalue weighted by molar-refractivity contribution is 5.90. The normalized spacial score (nSPS) is 17.6. The molecule has 0 spiro atoms. The van der Waals surface area contributed by atoms with Gasteiger partial charge < -0.3 is 29.5 Å². The van der Waals surface area contributed by atoms with Gasteiger partial charge in [-0.2, -0.15) is 4.98 Å². The Morgan fingerprint density at radius 1 is 1.02 bits per heavy atom. The minimum absolute atomic E-state index is 0.0708. The maximum Gasteiger partial charge on any atom is 0.316 e. The summed E-state index contributed by atoms with van der Waals surface area (Å²) < 4.78 is 15.7. The summed E-state index contributed by atoms with van der Waals surface area (Å²) in [4.78, 5) is 31.6. The van der Waals surface area contributed by atoms with Crippen molar-refractivity contribution in [2.75, 3.05) is 34.9 Å². The molecule has 1 unspecified atom stereocenters. The van der Waals surface area contributed by atoms with Crippen LogP contribution in [0.25, 0.3) is 11.4 Å². The molecule has 0 bridgehead atoms. The van der Waals surface area contributed by atoms with Crippen molar-refractivity contribution in [2.24, 2.45) is 5.92 Å². The molecule has 2 amide bonds. The zero-order valence-corrected chi connectivity index (χ0v) is 24.4. The molecule has 4 rings (SSSR count). The summed E-state index contributed by atoms with van der Waals surface area (Å²) in [6, 6.07) is 16.5. The SMILES string of the molecule is COc1ccc(-c2noc(C(=O)NCCC(=O)NC3CCC(C(CCc4ccccc4)N(C)C)CC3)n2)cc1OC. The lowest BCUT2D eigenvalue weighted by Gasteiger charge is -2.37. The van der Waals surface area contributed by atoms with E-state index in [1.54, 1.807) is 25.3 Å². The van der Waals surface area contributed by atoms with Crippen LogP contribution in [0.4, 0.5) is 0 Å². The van der Waals surface area contributed by atoms with E-state index in [-0.39, 0.29) is 36.6 Å². The quantitative estimate of drug-likeness (QED) is 0.319. The predicted molar refractivity (Wildman–Crippen MR) is 156 cm³/mol. The molecule has 1 aliphatic carbocycles. The molecular formula is C31H41N5O5. The van der Waals surface area contributed by atoms with Gasteiger partial charge in [-0.1, -0.05) is 35.5 Å². The molecule has 1 saturated carbocycles. The minimum atomic E-state index is -0.525. The number of nitrogens with one attached hydrogen (secondary N) is 2. The van der Waals surface area contributed by atoms with Crippen molar-refractivity contribution in [3.05, 3.63) is 60.0 Å². The zero-order chi connectivity index (χ0) is 29.2. The molecule has 1 aromatic heterocycles. The second-order valence-electron chi connectivity index (χ2n) is 10.7. The second kappa shape index (κ2) is 14.6. The summed E-state index contributed by atoms with van der Waals surface area (Å²) in [5.74, 6) is 1.19. The van der Waals surface area contributed by atoms with Crippen molar-refractivity contribution >= 4 is 11.8 Å². The van der Waals surface area contributed by atoms with Crippen LogP contribution in [0.2, 0.25) is 0 Å². The molecule has 3 aromatic rings. The molecule has 0 aliphatic heterocycles. The molecule has 220 valence electrons. The number of rotatable bonds is 13. The number of methoxy groups -OCH3 is 2. The number of benzene rings is 2. The average Bonchev–Trinajstić information content (AvgIpc) is 3.49. The van der Waals surface area contributed by atoms with Gasteiger partial charge in [-0.15, -0.1) is 0 Å². The number of nitrogens with zero attached hydrogens (tertiary/aromatic N) is 3. The van der Waals surface area contributed by atoms with E-state index in [0.29, 0.717) is 29.0 Å². The van der Waals surface area contributed by atoms with E-state index in [9.17, 15) is 9.59 Å². The number of ether oxygens (including phenoxy) is 2. The highest BCUT2D eigenvalue weighted by Crippen LogP contribution is 2.32. The van der Waals surface area contributed by atoms with Crippen molar-refractivity contribution < 1.29 is 23.6 Å².